The maximum absolute atomic E-state index is 13.6. The van der Waals surface area contributed by atoms with Crippen molar-refractivity contribution in [2.24, 2.45) is 0 Å². The number of carbonyl (C=O) groups is 1. The molecule has 0 unspecified atom stereocenters. The van der Waals surface area contributed by atoms with E-state index in [0.29, 0.717) is 31.2 Å². The van der Waals surface area contributed by atoms with Gasteiger partial charge in [-0.1, -0.05) is 72.7 Å². The van der Waals surface area contributed by atoms with Crippen molar-refractivity contribution in [2.45, 2.75) is 19.3 Å². The average molecular weight is 454 g/mol. The summed E-state index contributed by atoms with van der Waals surface area (Å²) in [6.07, 6.45) is 2.48. The summed E-state index contributed by atoms with van der Waals surface area (Å²) >= 11 is 0. The van der Waals surface area contributed by atoms with Crippen molar-refractivity contribution in [1.82, 2.24) is 20.0 Å². The number of pyridine rings is 1. The van der Waals surface area contributed by atoms with Crippen molar-refractivity contribution in [3.05, 3.63) is 96.0 Å². The predicted octanol–water partition coefficient (Wildman–Crippen LogP) is 4.17. The number of piperazine rings is 1. The maximum atomic E-state index is 13.6. The minimum absolute atomic E-state index is 0.143. The van der Waals surface area contributed by atoms with E-state index in [1.807, 2.05) is 84.6 Å². The Morgan fingerprint density at radius 2 is 1.56 bits per heavy atom. The van der Waals surface area contributed by atoms with Crippen LogP contribution in [0, 0.1) is 0 Å². The second-order valence-electron chi connectivity index (χ2n) is 8.34. The monoisotopic (exact) mass is 453 g/mol. The molecule has 7 heteroatoms. The van der Waals surface area contributed by atoms with E-state index in [4.69, 9.17) is 4.52 Å². The van der Waals surface area contributed by atoms with Gasteiger partial charge in [0.05, 0.1) is 5.92 Å². The molecular formula is C27H27N5O2. The number of carbonyl (C=O) groups excluding carboxylic acids is 1. The molecule has 1 aliphatic rings. The first-order chi connectivity index (χ1) is 16.7. The fourth-order valence-corrected chi connectivity index (χ4v) is 4.33. The van der Waals surface area contributed by atoms with Crippen molar-refractivity contribution >= 4 is 11.7 Å². The Morgan fingerprint density at radius 1 is 0.912 bits per heavy atom. The topological polar surface area (TPSA) is 75.4 Å². The van der Waals surface area contributed by atoms with Gasteiger partial charge in [0.25, 0.3) is 0 Å². The Kier molecular flexibility index (Phi) is 6.33. The van der Waals surface area contributed by atoms with Gasteiger partial charge in [0.2, 0.25) is 17.6 Å². The molecule has 0 radical (unpaired) electrons. The smallest absolute Gasteiger partial charge is 0.234 e. The Balaban J connectivity index is 1.27. The molecule has 1 saturated heterocycles. The molecule has 1 fully saturated rings. The number of aryl methyl sites for hydroxylation is 1. The number of aromatic nitrogens is 3. The number of benzene rings is 2. The zero-order valence-corrected chi connectivity index (χ0v) is 19.2. The SMILES string of the molecule is CCc1nc(-c2ccc(N3CCN(C(=O)C(c4ccccc4)c4ccccc4)CC3)nc2)no1. The van der Waals surface area contributed by atoms with Gasteiger partial charge in [-0.3, -0.25) is 4.79 Å². The highest BCUT2D eigenvalue weighted by atomic mass is 16.5. The molecule has 7 nitrogen and oxygen atoms in total. The first-order valence-electron chi connectivity index (χ1n) is 11.7. The molecule has 0 atom stereocenters. The third kappa shape index (κ3) is 4.55. The lowest BCUT2D eigenvalue weighted by atomic mass is 9.90. The number of rotatable bonds is 6. The largest absolute Gasteiger partial charge is 0.353 e. The highest BCUT2D eigenvalue weighted by molar-refractivity contribution is 5.87. The third-order valence-corrected chi connectivity index (χ3v) is 6.20. The van der Waals surface area contributed by atoms with Crippen LogP contribution in [0.25, 0.3) is 11.4 Å². The van der Waals surface area contributed by atoms with Gasteiger partial charge in [-0.25, -0.2) is 4.98 Å². The zero-order chi connectivity index (χ0) is 23.3. The molecule has 1 aliphatic heterocycles. The van der Waals surface area contributed by atoms with Gasteiger partial charge >= 0.3 is 0 Å². The van der Waals surface area contributed by atoms with Crippen LogP contribution in [-0.4, -0.2) is 52.1 Å². The lowest BCUT2D eigenvalue weighted by Crippen LogP contribution is -2.50. The van der Waals surface area contributed by atoms with Crippen molar-refractivity contribution in [1.29, 1.82) is 0 Å². The Bertz CT molecular complexity index is 1180. The third-order valence-electron chi connectivity index (χ3n) is 6.20. The van der Waals surface area contributed by atoms with Crippen LogP contribution in [0.2, 0.25) is 0 Å². The van der Waals surface area contributed by atoms with Gasteiger partial charge in [0, 0.05) is 44.4 Å². The lowest BCUT2D eigenvalue weighted by Gasteiger charge is -2.37. The molecule has 1 amide bonds. The first kappa shape index (κ1) is 21.8. The van der Waals surface area contributed by atoms with Crippen molar-refractivity contribution in [3.8, 4) is 11.4 Å². The Hall–Kier alpha value is -4.00. The van der Waals surface area contributed by atoms with Gasteiger partial charge in [-0.05, 0) is 23.3 Å². The summed E-state index contributed by atoms with van der Waals surface area (Å²) < 4.78 is 5.20. The number of hydrogen-bond acceptors (Lipinski definition) is 6. The Morgan fingerprint density at radius 3 is 2.09 bits per heavy atom. The summed E-state index contributed by atoms with van der Waals surface area (Å²) in [4.78, 5) is 26.8. The molecule has 34 heavy (non-hydrogen) atoms. The van der Waals surface area contributed by atoms with Crippen LogP contribution in [-0.2, 0) is 11.2 Å². The van der Waals surface area contributed by atoms with Crippen molar-refractivity contribution < 1.29 is 9.32 Å². The molecular weight excluding hydrogens is 426 g/mol. The lowest BCUT2D eigenvalue weighted by molar-refractivity contribution is -0.132. The van der Waals surface area contributed by atoms with Crippen LogP contribution in [0.4, 0.5) is 5.82 Å². The van der Waals surface area contributed by atoms with Gasteiger partial charge in [-0.15, -0.1) is 0 Å². The Labute approximate surface area is 199 Å². The fraction of sp³-hybridized carbons (Fsp3) is 0.259. The quantitative estimate of drug-likeness (QED) is 0.436. The minimum atomic E-state index is -0.297. The van der Waals surface area contributed by atoms with E-state index >= 15 is 0 Å². The minimum Gasteiger partial charge on any atom is -0.353 e. The molecule has 0 aliphatic carbocycles. The van der Waals surface area contributed by atoms with Crippen LogP contribution in [0.5, 0.6) is 0 Å². The molecule has 0 saturated carbocycles. The van der Waals surface area contributed by atoms with E-state index in [-0.39, 0.29) is 11.8 Å². The maximum Gasteiger partial charge on any atom is 0.234 e. The van der Waals surface area contributed by atoms with E-state index in [2.05, 4.69) is 20.0 Å². The van der Waals surface area contributed by atoms with Gasteiger partial charge in [-0.2, -0.15) is 4.98 Å². The highest BCUT2D eigenvalue weighted by Crippen LogP contribution is 2.28. The van der Waals surface area contributed by atoms with E-state index in [0.717, 1.165) is 35.6 Å². The van der Waals surface area contributed by atoms with Crippen molar-refractivity contribution in [2.75, 3.05) is 31.1 Å². The van der Waals surface area contributed by atoms with Gasteiger partial charge < -0.3 is 14.3 Å². The molecule has 172 valence electrons. The average Bonchev–Trinajstić information content (AvgIpc) is 3.40. The molecule has 2 aromatic carbocycles. The number of amides is 1. The number of nitrogens with zero attached hydrogens (tertiary/aromatic N) is 5. The summed E-state index contributed by atoms with van der Waals surface area (Å²) in [6, 6.07) is 24.0. The fourth-order valence-electron chi connectivity index (χ4n) is 4.33. The van der Waals surface area contributed by atoms with E-state index in [9.17, 15) is 4.79 Å². The van der Waals surface area contributed by atoms with Crippen LogP contribution >= 0.6 is 0 Å². The highest BCUT2D eigenvalue weighted by Gasteiger charge is 2.30. The summed E-state index contributed by atoms with van der Waals surface area (Å²) in [5, 5.41) is 4.01. The summed E-state index contributed by atoms with van der Waals surface area (Å²) in [5.41, 5.74) is 2.87. The summed E-state index contributed by atoms with van der Waals surface area (Å²) in [7, 11) is 0. The summed E-state index contributed by atoms with van der Waals surface area (Å²) in [5.74, 6) is 1.90. The standard InChI is InChI=1S/C27H27N5O2/c1-2-24-29-26(30-34-24)22-13-14-23(28-19-22)31-15-17-32(18-16-31)27(33)25(20-9-5-3-6-10-20)21-11-7-4-8-12-21/h3-14,19,25H,2,15-18H2,1H3. The first-order valence-corrected chi connectivity index (χ1v) is 11.7. The normalized spacial score (nSPS) is 13.9. The molecule has 0 spiro atoms. The van der Waals surface area contributed by atoms with E-state index < -0.39 is 0 Å². The molecule has 0 N–H and O–H groups in total. The van der Waals surface area contributed by atoms with E-state index in [1.54, 1.807) is 6.20 Å². The zero-order valence-electron chi connectivity index (χ0n) is 19.2. The van der Waals surface area contributed by atoms with Crippen LogP contribution in [0.15, 0.2) is 83.5 Å². The second-order valence-corrected chi connectivity index (χ2v) is 8.34. The van der Waals surface area contributed by atoms with Crippen molar-refractivity contribution in [3.63, 3.8) is 0 Å². The predicted molar refractivity (Wildman–Crippen MR) is 130 cm³/mol. The second kappa shape index (κ2) is 9.87. The molecule has 4 aromatic rings. The molecule has 0 bridgehead atoms. The van der Waals surface area contributed by atoms with Crippen LogP contribution in [0.1, 0.15) is 29.9 Å². The summed E-state index contributed by atoms with van der Waals surface area (Å²) in [6.45, 7) is 4.75. The molecule has 2 aromatic heterocycles. The van der Waals surface area contributed by atoms with Gasteiger partial charge in [0.15, 0.2) is 0 Å². The molecule has 5 rings (SSSR count). The van der Waals surface area contributed by atoms with Gasteiger partial charge in [0.1, 0.15) is 5.82 Å². The van der Waals surface area contributed by atoms with Crippen LogP contribution in [0.3, 0.4) is 0 Å². The molecule has 3 heterocycles. The van der Waals surface area contributed by atoms with E-state index in [1.165, 1.54) is 0 Å². The van der Waals surface area contributed by atoms with Crippen LogP contribution < -0.4 is 4.90 Å². The number of anilines is 1. The number of hydrogen-bond donors (Lipinski definition) is 0.